The third kappa shape index (κ3) is 4.19. The van der Waals surface area contributed by atoms with Gasteiger partial charge in [-0.3, -0.25) is 9.59 Å². The molecular weight excluding hydrogens is 338 g/mol. The molecule has 5 nitrogen and oxygen atoms in total. The largest absolute Gasteiger partial charge is 0.472 e. The number of carbonyl (C=O) groups excluding carboxylic acids is 2. The number of hydrogen-bond acceptors (Lipinski definition) is 4. The minimum Gasteiger partial charge on any atom is -0.472 e. The van der Waals surface area contributed by atoms with Crippen molar-refractivity contribution in [3.8, 4) is 0 Å². The molecule has 0 saturated carbocycles. The van der Waals surface area contributed by atoms with E-state index in [1.165, 1.54) is 19.6 Å². The highest BCUT2D eigenvalue weighted by molar-refractivity contribution is 9.10. The summed E-state index contributed by atoms with van der Waals surface area (Å²) in [6, 6.07) is 8.48. The Morgan fingerprint density at radius 3 is 2.57 bits per heavy atom. The van der Waals surface area contributed by atoms with Gasteiger partial charge in [-0.25, -0.2) is 0 Å². The summed E-state index contributed by atoms with van der Waals surface area (Å²) in [7, 11) is 1.32. The lowest BCUT2D eigenvalue weighted by atomic mass is 10.0. The molecule has 21 heavy (non-hydrogen) atoms. The molecule has 6 heteroatoms. The first-order valence-electron chi connectivity index (χ1n) is 6.25. The van der Waals surface area contributed by atoms with Crippen LogP contribution in [0.3, 0.4) is 0 Å². The predicted molar refractivity (Wildman–Crippen MR) is 79.7 cm³/mol. The van der Waals surface area contributed by atoms with E-state index in [1.54, 1.807) is 6.07 Å². The van der Waals surface area contributed by atoms with E-state index in [-0.39, 0.29) is 12.3 Å². The molecule has 1 aromatic carbocycles. The van der Waals surface area contributed by atoms with Gasteiger partial charge in [0.25, 0.3) is 5.91 Å². The van der Waals surface area contributed by atoms with Crippen LogP contribution in [0.15, 0.2) is 51.7 Å². The number of nitrogens with one attached hydrogen (secondary N) is 1. The van der Waals surface area contributed by atoms with Crippen LogP contribution < -0.4 is 5.32 Å². The van der Waals surface area contributed by atoms with E-state index >= 15 is 0 Å². The number of furan rings is 1. The zero-order valence-electron chi connectivity index (χ0n) is 11.3. The van der Waals surface area contributed by atoms with Gasteiger partial charge >= 0.3 is 5.97 Å². The van der Waals surface area contributed by atoms with Gasteiger partial charge in [0.15, 0.2) is 0 Å². The van der Waals surface area contributed by atoms with Crippen LogP contribution in [0.2, 0.25) is 0 Å². The number of benzene rings is 1. The molecule has 0 aliphatic rings. The molecule has 0 bridgehead atoms. The van der Waals surface area contributed by atoms with Gasteiger partial charge < -0.3 is 14.5 Å². The lowest BCUT2D eigenvalue weighted by Gasteiger charge is -2.18. The maximum absolute atomic E-state index is 12.1. The predicted octanol–water partition coefficient (Wildman–Crippen LogP) is 3.08. The fourth-order valence-corrected chi connectivity index (χ4v) is 2.10. The summed E-state index contributed by atoms with van der Waals surface area (Å²) >= 11 is 3.35. The molecule has 1 heterocycles. The normalized spacial score (nSPS) is 11.7. The SMILES string of the molecule is COC(=O)C[C@@H](NC(=O)c1ccoc1)c1ccc(Br)cc1. The summed E-state index contributed by atoms with van der Waals surface area (Å²) in [6.45, 7) is 0. The Labute approximate surface area is 130 Å². The highest BCUT2D eigenvalue weighted by atomic mass is 79.9. The summed E-state index contributed by atoms with van der Waals surface area (Å²) in [5, 5.41) is 2.81. The van der Waals surface area contributed by atoms with E-state index in [2.05, 4.69) is 26.0 Å². The van der Waals surface area contributed by atoms with E-state index < -0.39 is 12.0 Å². The summed E-state index contributed by atoms with van der Waals surface area (Å²) in [5.74, 6) is -0.698. The molecule has 0 spiro atoms. The van der Waals surface area contributed by atoms with Crippen LogP contribution in [-0.4, -0.2) is 19.0 Å². The summed E-state index contributed by atoms with van der Waals surface area (Å²) in [4.78, 5) is 23.6. The minimum atomic E-state index is -0.465. The smallest absolute Gasteiger partial charge is 0.307 e. The van der Waals surface area contributed by atoms with Crippen molar-refractivity contribution in [1.29, 1.82) is 0 Å². The van der Waals surface area contributed by atoms with Crippen LogP contribution in [0.1, 0.15) is 28.4 Å². The summed E-state index contributed by atoms with van der Waals surface area (Å²) in [6.07, 6.45) is 2.83. The van der Waals surface area contributed by atoms with E-state index in [0.29, 0.717) is 5.56 Å². The molecule has 1 amide bonds. The van der Waals surface area contributed by atoms with Crippen LogP contribution in [0.25, 0.3) is 0 Å². The van der Waals surface area contributed by atoms with Crippen LogP contribution in [0.5, 0.6) is 0 Å². The van der Waals surface area contributed by atoms with Gasteiger partial charge in [-0.2, -0.15) is 0 Å². The van der Waals surface area contributed by atoms with Gasteiger partial charge in [-0.05, 0) is 23.8 Å². The molecular formula is C15H14BrNO4. The first-order chi connectivity index (χ1) is 10.1. The number of rotatable bonds is 5. The van der Waals surface area contributed by atoms with E-state index in [0.717, 1.165) is 10.0 Å². The lowest BCUT2D eigenvalue weighted by molar-refractivity contribution is -0.141. The molecule has 1 atom stereocenters. The van der Waals surface area contributed by atoms with Gasteiger partial charge in [0.1, 0.15) is 6.26 Å². The fourth-order valence-electron chi connectivity index (χ4n) is 1.83. The van der Waals surface area contributed by atoms with Gasteiger partial charge in [0, 0.05) is 4.47 Å². The first kappa shape index (κ1) is 15.3. The quantitative estimate of drug-likeness (QED) is 0.840. The number of amides is 1. The number of methoxy groups -OCH3 is 1. The topological polar surface area (TPSA) is 68.5 Å². The molecule has 0 saturated heterocycles. The standard InChI is InChI=1S/C15H14BrNO4/c1-20-14(18)8-13(10-2-4-12(16)5-3-10)17-15(19)11-6-7-21-9-11/h2-7,9,13H,8H2,1H3,(H,17,19)/t13-/m1/s1. The van der Waals surface area contributed by atoms with Crippen molar-refractivity contribution >= 4 is 27.8 Å². The van der Waals surface area contributed by atoms with Crippen molar-refractivity contribution in [2.75, 3.05) is 7.11 Å². The van der Waals surface area contributed by atoms with Crippen LogP contribution >= 0.6 is 15.9 Å². The van der Waals surface area contributed by atoms with Crippen molar-refractivity contribution in [2.45, 2.75) is 12.5 Å². The Morgan fingerprint density at radius 1 is 1.29 bits per heavy atom. The van der Waals surface area contributed by atoms with Gasteiger partial charge in [0.2, 0.25) is 0 Å². The average molecular weight is 352 g/mol. The Hall–Kier alpha value is -2.08. The second-order valence-corrected chi connectivity index (χ2v) is 5.29. The van der Waals surface area contributed by atoms with E-state index in [9.17, 15) is 9.59 Å². The summed E-state index contributed by atoms with van der Waals surface area (Å²) < 4.78 is 10.5. The molecule has 1 N–H and O–H groups in total. The molecule has 0 aliphatic carbocycles. The Bertz CT molecular complexity index is 607. The molecule has 0 fully saturated rings. The minimum absolute atomic E-state index is 0.0573. The number of carbonyl (C=O) groups is 2. The molecule has 0 unspecified atom stereocenters. The second-order valence-electron chi connectivity index (χ2n) is 4.37. The number of halogens is 1. The van der Waals surface area contributed by atoms with Gasteiger partial charge in [-0.1, -0.05) is 28.1 Å². The third-order valence-corrected chi connectivity index (χ3v) is 3.49. The monoisotopic (exact) mass is 351 g/mol. The van der Waals surface area contributed by atoms with Crippen LogP contribution in [0.4, 0.5) is 0 Å². The first-order valence-corrected chi connectivity index (χ1v) is 7.05. The van der Waals surface area contributed by atoms with Crippen molar-refractivity contribution in [2.24, 2.45) is 0 Å². The summed E-state index contributed by atoms with van der Waals surface area (Å²) in [5.41, 5.74) is 1.22. The Morgan fingerprint density at radius 2 is 2.00 bits per heavy atom. The molecule has 0 aliphatic heterocycles. The van der Waals surface area contributed by atoms with Crippen LogP contribution in [0, 0.1) is 0 Å². The van der Waals surface area contributed by atoms with Crippen LogP contribution in [-0.2, 0) is 9.53 Å². The lowest BCUT2D eigenvalue weighted by Crippen LogP contribution is -2.30. The van der Waals surface area contributed by atoms with Crippen molar-refractivity contribution in [3.63, 3.8) is 0 Å². The van der Waals surface area contributed by atoms with E-state index in [1.807, 2.05) is 24.3 Å². The Kier molecular flexibility index (Phi) is 5.16. The number of hydrogen-bond donors (Lipinski definition) is 1. The highest BCUT2D eigenvalue weighted by Crippen LogP contribution is 2.21. The molecule has 2 rings (SSSR count). The van der Waals surface area contributed by atoms with Gasteiger partial charge in [0.05, 0.1) is 31.4 Å². The van der Waals surface area contributed by atoms with Crippen molar-refractivity contribution < 1.29 is 18.7 Å². The average Bonchev–Trinajstić information content (AvgIpc) is 3.01. The maximum Gasteiger partial charge on any atom is 0.307 e. The second kappa shape index (κ2) is 7.08. The fraction of sp³-hybridized carbons (Fsp3) is 0.200. The number of ether oxygens (including phenoxy) is 1. The Balaban J connectivity index is 2.17. The number of esters is 1. The molecule has 1 aromatic heterocycles. The zero-order chi connectivity index (χ0) is 15.2. The maximum atomic E-state index is 12.1. The molecule has 110 valence electrons. The highest BCUT2D eigenvalue weighted by Gasteiger charge is 2.20. The van der Waals surface area contributed by atoms with Crippen molar-refractivity contribution in [3.05, 3.63) is 58.5 Å². The zero-order valence-corrected chi connectivity index (χ0v) is 12.9. The third-order valence-electron chi connectivity index (χ3n) is 2.96. The molecule has 2 aromatic rings. The van der Waals surface area contributed by atoms with Gasteiger partial charge in [-0.15, -0.1) is 0 Å². The molecule has 0 radical (unpaired) electrons. The van der Waals surface area contributed by atoms with E-state index in [4.69, 9.17) is 4.42 Å². The van der Waals surface area contributed by atoms with Crippen molar-refractivity contribution in [1.82, 2.24) is 5.32 Å².